The van der Waals surface area contributed by atoms with Gasteiger partial charge >= 0.3 is 6.18 Å². The van der Waals surface area contributed by atoms with Crippen LogP contribution in [0.1, 0.15) is 17.7 Å². The lowest BCUT2D eigenvalue weighted by atomic mass is 9.91. The van der Waals surface area contributed by atoms with E-state index in [1.54, 1.807) is 36.7 Å². The number of carbonyl (C=O) groups is 1. The van der Waals surface area contributed by atoms with E-state index in [4.69, 9.17) is 0 Å². The Morgan fingerprint density at radius 1 is 1.08 bits per heavy atom. The molecule has 12 heteroatoms. The normalized spacial score (nSPS) is 18.0. The fraction of sp³-hybridized carbons (Fsp3) is 0.208. The van der Waals surface area contributed by atoms with Gasteiger partial charge in [-0.1, -0.05) is 24.3 Å². The van der Waals surface area contributed by atoms with Gasteiger partial charge in [0.05, 0.1) is 5.69 Å². The number of likely N-dealkylation sites (N-methyl/N-ethyl adjacent to an activating group) is 1. The lowest BCUT2D eigenvalue weighted by molar-refractivity contribution is -0.143. The highest BCUT2D eigenvalue weighted by Crippen LogP contribution is 2.36. The molecular weight excluding hydrogens is 493 g/mol. The van der Waals surface area contributed by atoms with Crippen LogP contribution in [0.25, 0.3) is 22.0 Å². The van der Waals surface area contributed by atoms with Gasteiger partial charge in [-0.3, -0.25) is 4.79 Å². The molecule has 1 fully saturated rings. The van der Waals surface area contributed by atoms with Crippen molar-refractivity contribution >= 4 is 29.0 Å². The SMILES string of the molecule is CN1CCC(O)(c2cccc(-c3nc(-c4ccnc(Nc5cccc(C(F)(F)F)n5)n4)cs3)c2)C1=O. The number of anilines is 2. The van der Waals surface area contributed by atoms with E-state index < -0.39 is 17.5 Å². The summed E-state index contributed by atoms with van der Waals surface area (Å²) in [7, 11) is 1.66. The van der Waals surface area contributed by atoms with E-state index in [1.807, 2.05) is 6.07 Å². The molecule has 5 rings (SSSR count). The third-order valence-electron chi connectivity index (χ3n) is 5.80. The molecule has 4 heterocycles. The minimum absolute atomic E-state index is 0.0391. The first-order valence-corrected chi connectivity index (χ1v) is 11.7. The average molecular weight is 513 g/mol. The smallest absolute Gasteiger partial charge is 0.375 e. The summed E-state index contributed by atoms with van der Waals surface area (Å²) in [5.41, 5.74) is -0.336. The van der Waals surface area contributed by atoms with Gasteiger partial charge in [-0.25, -0.2) is 19.9 Å². The Hall–Kier alpha value is -3.90. The van der Waals surface area contributed by atoms with E-state index in [2.05, 4.69) is 25.3 Å². The van der Waals surface area contributed by atoms with Gasteiger partial charge in [0.2, 0.25) is 5.95 Å². The molecule has 4 aromatic rings. The molecule has 1 aliphatic rings. The molecule has 1 aromatic carbocycles. The molecule has 0 bridgehead atoms. The molecule has 0 saturated carbocycles. The maximum atomic E-state index is 12.9. The summed E-state index contributed by atoms with van der Waals surface area (Å²) in [4.78, 5) is 30.6. The van der Waals surface area contributed by atoms with Crippen LogP contribution in [0.5, 0.6) is 0 Å². The molecule has 0 spiro atoms. The lowest BCUT2D eigenvalue weighted by Crippen LogP contribution is -2.36. The monoisotopic (exact) mass is 512 g/mol. The number of alkyl halides is 3. The topological polar surface area (TPSA) is 104 Å². The zero-order chi connectivity index (χ0) is 25.5. The second-order valence-electron chi connectivity index (χ2n) is 8.25. The molecule has 2 N–H and O–H groups in total. The number of aromatic nitrogens is 4. The standard InChI is InChI=1S/C24H19F3N6O2S/c1-33-11-9-23(35,21(33)34)15-5-2-4-14(12-15)20-29-17(13-36-20)16-8-10-28-22(30-16)32-19-7-3-6-18(31-19)24(25,26)27/h2-8,10,12-13,35H,9,11H2,1H3,(H,28,30,31,32). The van der Waals surface area contributed by atoms with Crippen LogP contribution in [-0.2, 0) is 16.6 Å². The molecular formula is C24H19F3N6O2S. The Kier molecular flexibility index (Phi) is 5.92. The number of benzene rings is 1. The van der Waals surface area contributed by atoms with Crippen molar-refractivity contribution in [3.05, 3.63) is 71.4 Å². The van der Waals surface area contributed by atoms with Crippen LogP contribution >= 0.6 is 11.3 Å². The number of thiazole rings is 1. The van der Waals surface area contributed by atoms with E-state index in [0.717, 1.165) is 11.6 Å². The van der Waals surface area contributed by atoms with Crippen molar-refractivity contribution in [3.63, 3.8) is 0 Å². The number of pyridine rings is 1. The summed E-state index contributed by atoms with van der Waals surface area (Å²) in [5, 5.41) is 16.1. The van der Waals surface area contributed by atoms with E-state index in [-0.39, 0.29) is 17.7 Å². The zero-order valence-electron chi connectivity index (χ0n) is 18.8. The van der Waals surface area contributed by atoms with Crippen LogP contribution in [0.2, 0.25) is 0 Å². The number of aliphatic hydroxyl groups is 1. The molecule has 3 aromatic heterocycles. The van der Waals surface area contributed by atoms with Crippen LogP contribution in [0.3, 0.4) is 0 Å². The molecule has 1 atom stereocenters. The Morgan fingerprint density at radius 3 is 2.64 bits per heavy atom. The average Bonchev–Trinajstić information content (AvgIpc) is 3.46. The minimum Gasteiger partial charge on any atom is -0.375 e. The number of halogens is 3. The summed E-state index contributed by atoms with van der Waals surface area (Å²) >= 11 is 1.36. The predicted molar refractivity (Wildman–Crippen MR) is 127 cm³/mol. The van der Waals surface area contributed by atoms with Crippen LogP contribution < -0.4 is 5.32 Å². The van der Waals surface area contributed by atoms with Crippen molar-refractivity contribution in [1.29, 1.82) is 0 Å². The largest absolute Gasteiger partial charge is 0.433 e. The Bertz CT molecular complexity index is 1440. The van der Waals surface area contributed by atoms with Crippen molar-refractivity contribution in [2.75, 3.05) is 18.9 Å². The van der Waals surface area contributed by atoms with Gasteiger partial charge in [0.25, 0.3) is 5.91 Å². The van der Waals surface area contributed by atoms with Gasteiger partial charge in [0.1, 0.15) is 22.2 Å². The molecule has 0 radical (unpaired) electrons. The summed E-state index contributed by atoms with van der Waals surface area (Å²) in [5.74, 6) is -0.305. The van der Waals surface area contributed by atoms with Crippen molar-refractivity contribution in [3.8, 4) is 22.0 Å². The second-order valence-corrected chi connectivity index (χ2v) is 9.11. The molecule has 1 amide bonds. The minimum atomic E-state index is -4.56. The van der Waals surface area contributed by atoms with Crippen molar-refractivity contribution < 1.29 is 23.1 Å². The number of carbonyl (C=O) groups excluding carboxylic acids is 1. The number of hydrogen-bond donors (Lipinski definition) is 2. The van der Waals surface area contributed by atoms with Gasteiger partial charge in [0.15, 0.2) is 5.60 Å². The first-order valence-electron chi connectivity index (χ1n) is 10.8. The second kappa shape index (κ2) is 8.95. The molecule has 0 aliphatic carbocycles. The first-order chi connectivity index (χ1) is 17.1. The summed E-state index contributed by atoms with van der Waals surface area (Å²) in [6.45, 7) is 0.473. The lowest BCUT2D eigenvalue weighted by Gasteiger charge is -2.21. The highest BCUT2D eigenvalue weighted by molar-refractivity contribution is 7.13. The third-order valence-corrected chi connectivity index (χ3v) is 6.69. The van der Waals surface area contributed by atoms with Crippen LogP contribution in [0.15, 0.2) is 60.1 Å². The number of likely N-dealkylation sites (tertiary alicyclic amines) is 1. The van der Waals surface area contributed by atoms with Crippen LogP contribution in [0.4, 0.5) is 24.9 Å². The molecule has 184 valence electrons. The van der Waals surface area contributed by atoms with Gasteiger partial charge in [-0.05, 0) is 29.8 Å². The van der Waals surface area contributed by atoms with Crippen LogP contribution in [0, 0.1) is 0 Å². The van der Waals surface area contributed by atoms with E-state index >= 15 is 0 Å². The molecule has 1 saturated heterocycles. The van der Waals surface area contributed by atoms with E-state index in [0.29, 0.717) is 34.9 Å². The Labute approximate surface area is 207 Å². The molecule has 1 aliphatic heterocycles. The van der Waals surface area contributed by atoms with Gasteiger partial charge in [0, 0.05) is 37.2 Å². The maximum absolute atomic E-state index is 12.9. The van der Waals surface area contributed by atoms with Crippen LogP contribution in [-0.4, -0.2) is 49.4 Å². The Morgan fingerprint density at radius 2 is 1.89 bits per heavy atom. The molecule has 36 heavy (non-hydrogen) atoms. The number of hydrogen-bond acceptors (Lipinski definition) is 8. The fourth-order valence-corrected chi connectivity index (χ4v) is 4.70. The highest BCUT2D eigenvalue weighted by Gasteiger charge is 2.45. The van der Waals surface area contributed by atoms with Gasteiger partial charge < -0.3 is 15.3 Å². The van der Waals surface area contributed by atoms with Crippen molar-refractivity contribution in [2.45, 2.75) is 18.2 Å². The van der Waals surface area contributed by atoms with E-state index in [1.165, 1.54) is 34.6 Å². The number of rotatable bonds is 5. The third kappa shape index (κ3) is 4.52. The number of nitrogens with zero attached hydrogens (tertiary/aromatic N) is 5. The first kappa shape index (κ1) is 23.8. The quantitative estimate of drug-likeness (QED) is 0.407. The number of nitrogens with one attached hydrogen (secondary N) is 1. The van der Waals surface area contributed by atoms with Gasteiger partial charge in [-0.15, -0.1) is 11.3 Å². The summed E-state index contributed by atoms with van der Waals surface area (Å²) < 4.78 is 38.8. The highest BCUT2D eigenvalue weighted by atomic mass is 32.1. The Balaban J connectivity index is 1.39. The summed E-state index contributed by atoms with van der Waals surface area (Å²) in [6.07, 6.45) is -2.78. The molecule has 1 unspecified atom stereocenters. The van der Waals surface area contributed by atoms with Gasteiger partial charge in [-0.2, -0.15) is 13.2 Å². The fourth-order valence-electron chi connectivity index (χ4n) is 3.89. The summed E-state index contributed by atoms with van der Waals surface area (Å²) in [6, 6.07) is 12.2. The maximum Gasteiger partial charge on any atom is 0.433 e. The van der Waals surface area contributed by atoms with Crippen molar-refractivity contribution in [2.24, 2.45) is 0 Å². The number of amides is 1. The predicted octanol–water partition coefficient (Wildman–Crippen LogP) is 4.47. The zero-order valence-corrected chi connectivity index (χ0v) is 19.6. The molecule has 8 nitrogen and oxygen atoms in total. The van der Waals surface area contributed by atoms with Crippen molar-refractivity contribution in [1.82, 2.24) is 24.8 Å². The van der Waals surface area contributed by atoms with E-state index in [9.17, 15) is 23.1 Å².